The Morgan fingerprint density at radius 1 is 1.17 bits per heavy atom. The summed E-state index contributed by atoms with van der Waals surface area (Å²) >= 11 is 1.63. The molecule has 0 spiro atoms. The molecule has 35 heavy (non-hydrogen) atoms. The van der Waals surface area contributed by atoms with Crippen LogP contribution in [0, 0.1) is 5.41 Å². The second-order valence-corrected chi connectivity index (χ2v) is 11.0. The van der Waals surface area contributed by atoms with Crippen LogP contribution in [0.4, 0.5) is 5.69 Å². The molecule has 0 fully saturated rings. The minimum absolute atomic E-state index is 0.0147. The third kappa shape index (κ3) is 4.44. The first-order valence-corrected chi connectivity index (χ1v) is 12.6. The Labute approximate surface area is 209 Å². The Morgan fingerprint density at radius 2 is 2.00 bits per heavy atom. The van der Waals surface area contributed by atoms with Crippen LogP contribution in [-0.2, 0) is 13.0 Å². The lowest BCUT2D eigenvalue weighted by molar-refractivity contribution is 0.0924. The number of methoxy groups -OCH3 is 1. The Bertz CT molecular complexity index is 1400. The second-order valence-electron chi connectivity index (χ2n) is 10.1. The van der Waals surface area contributed by atoms with Crippen LogP contribution in [0.2, 0.25) is 0 Å². The summed E-state index contributed by atoms with van der Waals surface area (Å²) < 4.78 is 7.85. The van der Waals surface area contributed by atoms with Crippen molar-refractivity contribution in [2.24, 2.45) is 5.41 Å². The number of carbonyl (C=O) groups excluding carboxylic acids is 1. The summed E-state index contributed by atoms with van der Waals surface area (Å²) in [6.45, 7) is 7.57. The molecule has 0 atom stereocenters. The van der Waals surface area contributed by atoms with E-state index in [1.807, 2.05) is 35.7 Å². The van der Waals surface area contributed by atoms with Crippen molar-refractivity contribution in [3.8, 4) is 38.7 Å². The van der Waals surface area contributed by atoms with Gasteiger partial charge in [-0.15, -0.1) is 11.3 Å². The molecule has 0 aliphatic carbocycles. The number of imidazole rings is 1. The van der Waals surface area contributed by atoms with Gasteiger partial charge in [0.1, 0.15) is 11.4 Å². The van der Waals surface area contributed by atoms with Crippen molar-refractivity contribution in [1.29, 1.82) is 0 Å². The molecule has 4 aromatic rings. The van der Waals surface area contributed by atoms with Crippen molar-refractivity contribution in [2.45, 2.75) is 33.7 Å². The zero-order chi connectivity index (χ0) is 24.7. The molecule has 2 aromatic heterocycles. The minimum atomic E-state index is -0.142. The molecule has 7 heteroatoms. The van der Waals surface area contributed by atoms with Crippen molar-refractivity contribution in [2.75, 3.05) is 19.4 Å². The number of amides is 1. The molecule has 6 nitrogen and oxygen atoms in total. The quantitative estimate of drug-likeness (QED) is 0.346. The lowest BCUT2D eigenvalue weighted by Gasteiger charge is -2.24. The van der Waals surface area contributed by atoms with Crippen molar-refractivity contribution in [1.82, 2.24) is 14.9 Å². The summed E-state index contributed by atoms with van der Waals surface area (Å²) in [4.78, 5) is 19.2. The first-order valence-electron chi connectivity index (χ1n) is 11.7. The largest absolute Gasteiger partial charge is 0.496 e. The maximum atomic E-state index is 13.3. The summed E-state index contributed by atoms with van der Waals surface area (Å²) in [6, 6.07) is 16.2. The average molecular weight is 487 g/mol. The molecule has 0 saturated heterocycles. The number of nitrogens with two attached hydrogens (primary N) is 1. The van der Waals surface area contributed by atoms with Gasteiger partial charge < -0.3 is 20.4 Å². The fourth-order valence-corrected chi connectivity index (χ4v) is 5.22. The number of thiophene rings is 1. The highest BCUT2D eigenvalue weighted by Crippen LogP contribution is 2.44. The van der Waals surface area contributed by atoms with Crippen molar-refractivity contribution >= 4 is 22.9 Å². The molecular weight excluding hydrogens is 456 g/mol. The number of carbonyl (C=O) groups is 1. The number of rotatable bonds is 5. The van der Waals surface area contributed by atoms with E-state index >= 15 is 0 Å². The predicted molar refractivity (Wildman–Crippen MR) is 143 cm³/mol. The van der Waals surface area contributed by atoms with Gasteiger partial charge in [-0.25, -0.2) is 4.98 Å². The Balaban J connectivity index is 1.69. The lowest BCUT2D eigenvalue weighted by Crippen LogP contribution is -2.34. The Hall–Kier alpha value is -3.58. The number of hydrogen-bond donors (Lipinski definition) is 2. The van der Waals surface area contributed by atoms with Gasteiger partial charge >= 0.3 is 0 Å². The van der Waals surface area contributed by atoms with Crippen molar-refractivity contribution in [3.63, 3.8) is 0 Å². The maximum Gasteiger partial charge on any atom is 0.287 e. The van der Waals surface area contributed by atoms with Gasteiger partial charge in [0.05, 0.1) is 17.7 Å². The van der Waals surface area contributed by atoms with Gasteiger partial charge in [0.25, 0.3) is 5.91 Å². The van der Waals surface area contributed by atoms with Gasteiger partial charge in [-0.2, -0.15) is 0 Å². The van der Waals surface area contributed by atoms with E-state index in [9.17, 15) is 4.79 Å². The van der Waals surface area contributed by atoms with Crippen molar-refractivity contribution < 1.29 is 9.53 Å². The summed E-state index contributed by atoms with van der Waals surface area (Å²) in [5.41, 5.74) is 12.8. The molecule has 3 heterocycles. The number of ether oxygens (including phenoxy) is 1. The number of benzene rings is 2. The van der Waals surface area contributed by atoms with Crippen LogP contribution in [0.5, 0.6) is 5.75 Å². The SMILES string of the molecule is COc1cc2c(cc1-c1cccc(N)c1)-c1c(-c3cccs3)nc(C(=O)NCC(C)(C)C)n1CC2. The van der Waals surface area contributed by atoms with Crippen LogP contribution in [0.3, 0.4) is 0 Å². The molecule has 1 aliphatic heterocycles. The van der Waals surface area contributed by atoms with Gasteiger partial charge in [-0.1, -0.05) is 39.0 Å². The second kappa shape index (κ2) is 8.89. The number of nitrogens with zero attached hydrogens (tertiary/aromatic N) is 2. The van der Waals surface area contributed by atoms with Gasteiger partial charge in [0, 0.05) is 29.9 Å². The Kier molecular flexibility index (Phi) is 5.89. The van der Waals surface area contributed by atoms with Crippen LogP contribution < -0.4 is 15.8 Å². The monoisotopic (exact) mass is 486 g/mol. The van der Waals surface area contributed by atoms with Crippen LogP contribution in [0.25, 0.3) is 33.0 Å². The topological polar surface area (TPSA) is 82.2 Å². The molecule has 2 aromatic carbocycles. The molecular formula is C28H30N4O2S. The molecule has 1 amide bonds. The fraction of sp³-hybridized carbons (Fsp3) is 0.286. The van der Waals surface area contributed by atoms with Crippen LogP contribution >= 0.6 is 11.3 Å². The molecule has 0 bridgehead atoms. The zero-order valence-corrected chi connectivity index (χ0v) is 21.3. The van der Waals surface area contributed by atoms with E-state index in [1.54, 1.807) is 18.4 Å². The third-order valence-corrected chi connectivity index (χ3v) is 7.06. The average Bonchev–Trinajstić information content (AvgIpc) is 3.49. The molecule has 0 saturated carbocycles. The molecule has 1 aliphatic rings. The molecule has 0 radical (unpaired) electrons. The molecule has 5 rings (SSSR count). The van der Waals surface area contributed by atoms with Crippen LogP contribution in [0.15, 0.2) is 53.9 Å². The van der Waals surface area contributed by atoms with Crippen LogP contribution in [-0.4, -0.2) is 29.1 Å². The van der Waals surface area contributed by atoms with Crippen LogP contribution in [0.1, 0.15) is 37.0 Å². The Morgan fingerprint density at radius 3 is 2.69 bits per heavy atom. The van der Waals surface area contributed by atoms with E-state index in [-0.39, 0.29) is 11.3 Å². The smallest absolute Gasteiger partial charge is 0.287 e. The summed E-state index contributed by atoms with van der Waals surface area (Å²) in [6.07, 6.45) is 0.787. The number of fused-ring (bicyclic) bond motifs is 3. The maximum absolute atomic E-state index is 13.3. The number of nitrogen functional groups attached to an aromatic ring is 1. The first-order chi connectivity index (χ1) is 16.7. The number of nitrogens with one attached hydrogen (secondary N) is 1. The van der Waals surface area contributed by atoms with E-state index in [0.29, 0.717) is 24.6 Å². The molecule has 3 N–H and O–H groups in total. The summed E-state index contributed by atoms with van der Waals surface area (Å²) in [5.74, 6) is 1.12. The number of aryl methyl sites for hydroxylation is 1. The minimum Gasteiger partial charge on any atom is -0.496 e. The molecule has 0 unspecified atom stereocenters. The van der Waals surface area contributed by atoms with E-state index in [2.05, 4.69) is 48.9 Å². The highest BCUT2D eigenvalue weighted by Gasteiger charge is 2.30. The van der Waals surface area contributed by atoms with E-state index in [0.717, 1.165) is 45.1 Å². The fourth-order valence-electron chi connectivity index (χ4n) is 4.51. The van der Waals surface area contributed by atoms with Crippen molar-refractivity contribution in [3.05, 3.63) is 65.3 Å². The predicted octanol–water partition coefficient (Wildman–Crippen LogP) is 5.87. The molecule has 180 valence electrons. The first kappa shape index (κ1) is 23.2. The van der Waals surface area contributed by atoms with Gasteiger partial charge in [0.2, 0.25) is 0 Å². The lowest BCUT2D eigenvalue weighted by atomic mass is 9.91. The van der Waals surface area contributed by atoms with Gasteiger partial charge in [-0.3, -0.25) is 4.79 Å². The van der Waals surface area contributed by atoms with E-state index in [4.69, 9.17) is 15.5 Å². The van der Waals surface area contributed by atoms with E-state index in [1.165, 1.54) is 5.56 Å². The van der Waals surface area contributed by atoms with Gasteiger partial charge in [0.15, 0.2) is 5.82 Å². The third-order valence-electron chi connectivity index (χ3n) is 6.19. The summed E-state index contributed by atoms with van der Waals surface area (Å²) in [5, 5.41) is 5.12. The highest BCUT2D eigenvalue weighted by molar-refractivity contribution is 7.13. The zero-order valence-electron chi connectivity index (χ0n) is 20.5. The standard InChI is InChI=1S/C28H30N4O2S/c1-28(2,3)16-30-27(33)26-31-24(23-9-6-12-35-23)25-21-15-20(17-7-5-8-19(29)13-17)22(34-4)14-18(21)10-11-32(25)26/h5-9,12-15H,10-11,16,29H2,1-4H3,(H,30,33). The van der Waals surface area contributed by atoms with E-state index < -0.39 is 0 Å². The summed E-state index contributed by atoms with van der Waals surface area (Å²) in [7, 11) is 1.69. The van der Waals surface area contributed by atoms with Gasteiger partial charge in [-0.05, 0) is 58.7 Å². The highest BCUT2D eigenvalue weighted by atomic mass is 32.1. The number of anilines is 1. The number of aromatic nitrogens is 2. The normalized spacial score (nSPS) is 12.7. The number of hydrogen-bond acceptors (Lipinski definition) is 5.